The van der Waals surface area contributed by atoms with Gasteiger partial charge in [-0.2, -0.15) is 4.39 Å². The lowest BCUT2D eigenvalue weighted by atomic mass is 9.90. The standard InChI is InChI=1S/C13H17FN2O2/c14-11-2-1-3-12(16-11)15-10-4-6-13(7-5-10)17-8-9-18-13/h1-3,10H,4-9H2,(H,15,16). The minimum Gasteiger partial charge on any atom is -0.367 e. The fourth-order valence-electron chi connectivity index (χ4n) is 2.69. The highest BCUT2D eigenvalue weighted by molar-refractivity contribution is 5.34. The van der Waals surface area contributed by atoms with E-state index in [-0.39, 0.29) is 5.79 Å². The van der Waals surface area contributed by atoms with Crippen LogP contribution in [0.3, 0.4) is 0 Å². The summed E-state index contributed by atoms with van der Waals surface area (Å²) in [5, 5.41) is 3.27. The lowest BCUT2D eigenvalue weighted by Crippen LogP contribution is -2.39. The number of pyridine rings is 1. The van der Waals surface area contributed by atoms with Crippen LogP contribution >= 0.6 is 0 Å². The molecule has 4 nitrogen and oxygen atoms in total. The molecule has 1 aliphatic heterocycles. The maximum atomic E-state index is 13.0. The molecule has 18 heavy (non-hydrogen) atoms. The van der Waals surface area contributed by atoms with Crippen LogP contribution in [0.2, 0.25) is 0 Å². The molecule has 3 rings (SSSR count). The molecule has 0 amide bonds. The van der Waals surface area contributed by atoms with Crippen molar-refractivity contribution in [3.05, 3.63) is 24.1 Å². The number of halogens is 1. The molecular formula is C13H17FN2O2. The van der Waals surface area contributed by atoms with Gasteiger partial charge in [0, 0.05) is 18.9 Å². The van der Waals surface area contributed by atoms with E-state index in [1.807, 2.05) is 0 Å². The molecule has 0 unspecified atom stereocenters. The summed E-state index contributed by atoms with van der Waals surface area (Å²) >= 11 is 0. The minimum atomic E-state index is -0.449. The van der Waals surface area contributed by atoms with Crippen molar-refractivity contribution in [1.29, 1.82) is 0 Å². The van der Waals surface area contributed by atoms with E-state index in [0.29, 0.717) is 25.1 Å². The average Bonchev–Trinajstić information content (AvgIpc) is 2.81. The Labute approximate surface area is 106 Å². The number of ether oxygens (including phenoxy) is 2. The molecule has 2 aliphatic rings. The van der Waals surface area contributed by atoms with E-state index in [2.05, 4.69) is 10.3 Å². The Morgan fingerprint density at radius 3 is 2.61 bits per heavy atom. The molecule has 1 saturated carbocycles. The number of nitrogens with zero attached hydrogens (tertiary/aromatic N) is 1. The normalized spacial score (nSPS) is 23.4. The van der Waals surface area contributed by atoms with Crippen molar-refractivity contribution < 1.29 is 13.9 Å². The van der Waals surface area contributed by atoms with Gasteiger partial charge in [0.05, 0.1) is 13.2 Å². The lowest BCUT2D eigenvalue weighted by Gasteiger charge is -2.35. The number of anilines is 1. The molecule has 2 fully saturated rings. The third-order valence-corrected chi connectivity index (χ3v) is 3.63. The first-order valence-electron chi connectivity index (χ1n) is 6.43. The third-order valence-electron chi connectivity index (χ3n) is 3.63. The first-order valence-corrected chi connectivity index (χ1v) is 6.43. The van der Waals surface area contributed by atoms with Gasteiger partial charge in [-0.3, -0.25) is 0 Å². The van der Waals surface area contributed by atoms with E-state index < -0.39 is 5.95 Å². The second-order valence-corrected chi connectivity index (χ2v) is 4.87. The van der Waals surface area contributed by atoms with Crippen molar-refractivity contribution in [2.75, 3.05) is 18.5 Å². The monoisotopic (exact) mass is 252 g/mol. The molecule has 98 valence electrons. The van der Waals surface area contributed by atoms with Gasteiger partial charge in [0.2, 0.25) is 5.95 Å². The van der Waals surface area contributed by atoms with Crippen molar-refractivity contribution in [2.24, 2.45) is 0 Å². The Balaban J connectivity index is 1.57. The fraction of sp³-hybridized carbons (Fsp3) is 0.615. The van der Waals surface area contributed by atoms with Gasteiger partial charge in [0.25, 0.3) is 0 Å². The van der Waals surface area contributed by atoms with Crippen molar-refractivity contribution in [3.63, 3.8) is 0 Å². The van der Waals surface area contributed by atoms with Crippen molar-refractivity contribution >= 4 is 5.82 Å². The molecule has 0 aromatic carbocycles. The van der Waals surface area contributed by atoms with Gasteiger partial charge in [-0.25, -0.2) is 4.98 Å². The molecule has 1 saturated heterocycles. The predicted octanol–water partition coefficient (Wildman–Crippen LogP) is 2.32. The Morgan fingerprint density at radius 2 is 1.94 bits per heavy atom. The van der Waals surface area contributed by atoms with Crippen molar-refractivity contribution in [3.8, 4) is 0 Å². The van der Waals surface area contributed by atoms with E-state index in [1.54, 1.807) is 12.1 Å². The largest absolute Gasteiger partial charge is 0.367 e. The second-order valence-electron chi connectivity index (χ2n) is 4.87. The summed E-state index contributed by atoms with van der Waals surface area (Å²) in [7, 11) is 0. The maximum absolute atomic E-state index is 13.0. The van der Waals surface area contributed by atoms with Crippen LogP contribution in [-0.4, -0.2) is 30.0 Å². The Kier molecular flexibility index (Phi) is 3.18. The number of rotatable bonds is 2. The van der Waals surface area contributed by atoms with E-state index in [9.17, 15) is 4.39 Å². The molecule has 0 radical (unpaired) electrons. The Bertz CT molecular complexity index is 411. The quantitative estimate of drug-likeness (QED) is 0.820. The summed E-state index contributed by atoms with van der Waals surface area (Å²) in [4.78, 5) is 3.82. The number of aromatic nitrogens is 1. The van der Waals surface area contributed by atoms with Gasteiger partial charge in [0.1, 0.15) is 5.82 Å². The second kappa shape index (κ2) is 4.82. The number of nitrogens with one attached hydrogen (secondary N) is 1. The first kappa shape index (κ1) is 11.9. The lowest BCUT2D eigenvalue weighted by molar-refractivity contribution is -0.177. The summed E-state index contributed by atoms with van der Waals surface area (Å²) in [6.45, 7) is 1.40. The van der Waals surface area contributed by atoms with Crippen LogP contribution in [0.1, 0.15) is 25.7 Å². The molecule has 5 heteroatoms. The minimum absolute atomic E-state index is 0.317. The number of hydrogen-bond donors (Lipinski definition) is 1. The van der Waals surface area contributed by atoms with E-state index in [1.165, 1.54) is 6.07 Å². The summed E-state index contributed by atoms with van der Waals surface area (Å²) in [5.74, 6) is -0.188. The zero-order chi connectivity index (χ0) is 12.4. The molecule has 1 aliphatic carbocycles. The first-order chi connectivity index (χ1) is 8.76. The molecule has 1 aromatic rings. The zero-order valence-electron chi connectivity index (χ0n) is 10.2. The smallest absolute Gasteiger partial charge is 0.214 e. The molecule has 0 bridgehead atoms. The molecule has 1 aromatic heterocycles. The van der Waals surface area contributed by atoms with Crippen molar-refractivity contribution in [2.45, 2.75) is 37.5 Å². The van der Waals surface area contributed by atoms with Gasteiger partial charge < -0.3 is 14.8 Å². The Morgan fingerprint density at radius 1 is 1.22 bits per heavy atom. The summed E-state index contributed by atoms with van der Waals surface area (Å²) in [6.07, 6.45) is 3.69. The third kappa shape index (κ3) is 2.47. The summed E-state index contributed by atoms with van der Waals surface area (Å²) < 4.78 is 24.3. The highest BCUT2D eigenvalue weighted by Gasteiger charge is 2.40. The van der Waals surface area contributed by atoms with Crippen LogP contribution in [0.5, 0.6) is 0 Å². The zero-order valence-corrected chi connectivity index (χ0v) is 10.2. The highest BCUT2D eigenvalue weighted by Crippen LogP contribution is 2.36. The van der Waals surface area contributed by atoms with Crippen LogP contribution in [-0.2, 0) is 9.47 Å². The molecule has 0 atom stereocenters. The summed E-state index contributed by atoms with van der Waals surface area (Å²) in [5.41, 5.74) is 0. The van der Waals surface area contributed by atoms with Crippen LogP contribution in [0, 0.1) is 5.95 Å². The van der Waals surface area contributed by atoms with Gasteiger partial charge in [-0.1, -0.05) is 6.07 Å². The SMILES string of the molecule is Fc1cccc(NC2CCC3(CC2)OCCO3)n1. The van der Waals surface area contributed by atoms with Crippen molar-refractivity contribution in [1.82, 2.24) is 4.98 Å². The average molecular weight is 252 g/mol. The molecule has 1 N–H and O–H groups in total. The fourth-order valence-corrected chi connectivity index (χ4v) is 2.69. The maximum Gasteiger partial charge on any atom is 0.214 e. The van der Waals surface area contributed by atoms with E-state index in [4.69, 9.17) is 9.47 Å². The Hall–Kier alpha value is -1.20. The van der Waals surface area contributed by atoms with Crippen LogP contribution < -0.4 is 5.32 Å². The highest BCUT2D eigenvalue weighted by atomic mass is 19.1. The summed E-state index contributed by atoms with van der Waals surface area (Å²) in [6, 6.07) is 5.12. The van der Waals surface area contributed by atoms with Crippen LogP contribution in [0.15, 0.2) is 18.2 Å². The van der Waals surface area contributed by atoms with E-state index in [0.717, 1.165) is 25.7 Å². The number of hydrogen-bond acceptors (Lipinski definition) is 4. The van der Waals surface area contributed by atoms with Gasteiger partial charge in [0.15, 0.2) is 5.79 Å². The van der Waals surface area contributed by atoms with Crippen LogP contribution in [0.25, 0.3) is 0 Å². The molecule has 1 spiro atoms. The topological polar surface area (TPSA) is 43.4 Å². The molecule has 2 heterocycles. The van der Waals surface area contributed by atoms with Gasteiger partial charge >= 0.3 is 0 Å². The van der Waals surface area contributed by atoms with Crippen LogP contribution in [0.4, 0.5) is 10.2 Å². The van der Waals surface area contributed by atoms with E-state index >= 15 is 0 Å². The van der Waals surface area contributed by atoms with Gasteiger partial charge in [-0.15, -0.1) is 0 Å². The predicted molar refractivity (Wildman–Crippen MR) is 64.7 cm³/mol. The molecular weight excluding hydrogens is 235 g/mol. The van der Waals surface area contributed by atoms with Gasteiger partial charge in [-0.05, 0) is 25.0 Å².